The number of nitro benzene ring substituents is 1. The summed E-state index contributed by atoms with van der Waals surface area (Å²) in [6, 6.07) is 7.88. The number of esters is 1. The molecule has 0 heterocycles. The lowest BCUT2D eigenvalue weighted by Gasteiger charge is -2.09. The highest BCUT2D eigenvalue weighted by atomic mass is 19.1. The quantitative estimate of drug-likeness (QED) is 0.330. The van der Waals surface area contributed by atoms with Crippen LogP contribution in [0.25, 0.3) is 0 Å². The summed E-state index contributed by atoms with van der Waals surface area (Å²) in [5.41, 5.74) is 0.323. The van der Waals surface area contributed by atoms with Crippen LogP contribution in [0.2, 0.25) is 0 Å². The maximum absolute atomic E-state index is 13.2. The van der Waals surface area contributed by atoms with Crippen molar-refractivity contribution in [1.29, 1.82) is 0 Å². The molecule has 0 bridgehead atoms. The SMILES string of the molecule is COc1ccc(CCC(=O)Oc2cc(F)ccc2[N+](=O)[O-])cc1OC. The van der Waals surface area contributed by atoms with Gasteiger partial charge in [-0.1, -0.05) is 6.07 Å². The first-order valence-corrected chi connectivity index (χ1v) is 7.30. The third-order valence-corrected chi connectivity index (χ3v) is 3.41. The van der Waals surface area contributed by atoms with Crippen LogP contribution in [-0.4, -0.2) is 25.1 Å². The van der Waals surface area contributed by atoms with Gasteiger partial charge in [0.1, 0.15) is 5.82 Å². The van der Waals surface area contributed by atoms with Crippen LogP contribution in [0.4, 0.5) is 10.1 Å². The van der Waals surface area contributed by atoms with Gasteiger partial charge in [-0.15, -0.1) is 0 Å². The van der Waals surface area contributed by atoms with Gasteiger partial charge in [-0.3, -0.25) is 14.9 Å². The summed E-state index contributed by atoms with van der Waals surface area (Å²) >= 11 is 0. The summed E-state index contributed by atoms with van der Waals surface area (Å²) in [6.45, 7) is 0. The normalized spacial score (nSPS) is 10.2. The number of carbonyl (C=O) groups is 1. The average molecular weight is 349 g/mol. The molecule has 0 fully saturated rings. The average Bonchev–Trinajstić information content (AvgIpc) is 2.59. The maximum Gasteiger partial charge on any atom is 0.311 e. The summed E-state index contributed by atoms with van der Waals surface area (Å²) in [5.74, 6) is -0.766. The van der Waals surface area contributed by atoms with Gasteiger partial charge < -0.3 is 14.2 Å². The maximum atomic E-state index is 13.2. The topological polar surface area (TPSA) is 87.9 Å². The summed E-state index contributed by atoms with van der Waals surface area (Å²) in [6.07, 6.45) is 0.283. The molecule has 25 heavy (non-hydrogen) atoms. The van der Waals surface area contributed by atoms with Gasteiger partial charge in [0.25, 0.3) is 0 Å². The van der Waals surface area contributed by atoms with Gasteiger partial charge in [0.2, 0.25) is 5.75 Å². The van der Waals surface area contributed by atoms with Crippen molar-refractivity contribution in [3.8, 4) is 17.2 Å². The number of carbonyl (C=O) groups excluding carboxylic acids is 1. The molecule has 0 aliphatic rings. The van der Waals surface area contributed by atoms with Crippen molar-refractivity contribution in [2.75, 3.05) is 14.2 Å². The number of ether oxygens (including phenoxy) is 3. The Balaban J connectivity index is 2.04. The number of methoxy groups -OCH3 is 2. The Morgan fingerprint density at radius 3 is 2.44 bits per heavy atom. The molecule has 132 valence electrons. The third kappa shape index (κ3) is 4.66. The minimum atomic E-state index is -0.740. The van der Waals surface area contributed by atoms with E-state index < -0.39 is 28.1 Å². The highest BCUT2D eigenvalue weighted by Crippen LogP contribution is 2.29. The van der Waals surface area contributed by atoms with Crippen molar-refractivity contribution in [3.05, 3.63) is 57.9 Å². The molecule has 0 N–H and O–H groups in total. The fourth-order valence-corrected chi connectivity index (χ4v) is 2.18. The number of nitro groups is 1. The molecule has 7 nitrogen and oxygen atoms in total. The number of aryl methyl sites for hydroxylation is 1. The molecular weight excluding hydrogens is 333 g/mol. The van der Waals surface area contributed by atoms with Crippen LogP contribution in [0.3, 0.4) is 0 Å². The van der Waals surface area contributed by atoms with Crippen molar-refractivity contribution < 1.29 is 28.3 Å². The van der Waals surface area contributed by atoms with Gasteiger partial charge in [0.15, 0.2) is 11.5 Å². The van der Waals surface area contributed by atoms with Crippen molar-refractivity contribution in [2.45, 2.75) is 12.8 Å². The number of hydrogen-bond donors (Lipinski definition) is 0. The number of rotatable bonds is 7. The van der Waals surface area contributed by atoms with E-state index in [9.17, 15) is 19.3 Å². The zero-order valence-corrected chi connectivity index (χ0v) is 13.7. The number of nitrogens with zero attached hydrogens (tertiary/aromatic N) is 1. The highest BCUT2D eigenvalue weighted by Gasteiger charge is 2.19. The molecule has 8 heteroatoms. The Morgan fingerprint density at radius 1 is 1.08 bits per heavy atom. The van der Waals surface area contributed by atoms with Crippen LogP contribution in [-0.2, 0) is 11.2 Å². The van der Waals surface area contributed by atoms with E-state index in [0.717, 1.165) is 23.8 Å². The minimum Gasteiger partial charge on any atom is -0.493 e. The van der Waals surface area contributed by atoms with Crippen molar-refractivity contribution in [2.24, 2.45) is 0 Å². The molecule has 0 aromatic heterocycles. The number of halogens is 1. The molecule has 2 rings (SSSR count). The van der Waals surface area contributed by atoms with E-state index in [4.69, 9.17) is 14.2 Å². The molecule has 0 aliphatic carbocycles. The van der Waals surface area contributed by atoms with Crippen molar-refractivity contribution in [1.82, 2.24) is 0 Å². The Labute approximate surface area is 143 Å². The molecule has 2 aromatic carbocycles. The van der Waals surface area contributed by atoms with Gasteiger partial charge in [-0.2, -0.15) is 0 Å². The summed E-state index contributed by atoms with van der Waals surface area (Å²) in [5, 5.41) is 10.9. The van der Waals surface area contributed by atoms with Crippen LogP contribution in [0.15, 0.2) is 36.4 Å². The lowest BCUT2D eigenvalue weighted by atomic mass is 10.1. The summed E-state index contributed by atoms with van der Waals surface area (Å²) in [4.78, 5) is 22.1. The zero-order valence-electron chi connectivity index (χ0n) is 13.7. The lowest BCUT2D eigenvalue weighted by Crippen LogP contribution is -2.10. The van der Waals surface area contributed by atoms with Crippen LogP contribution in [0.5, 0.6) is 17.2 Å². The second-order valence-corrected chi connectivity index (χ2v) is 5.03. The van der Waals surface area contributed by atoms with Crippen LogP contribution < -0.4 is 14.2 Å². The van der Waals surface area contributed by atoms with Crippen LogP contribution >= 0.6 is 0 Å². The Kier molecular flexibility index (Phi) is 5.89. The monoisotopic (exact) mass is 349 g/mol. The van der Waals surface area contributed by atoms with E-state index in [1.54, 1.807) is 18.2 Å². The smallest absolute Gasteiger partial charge is 0.311 e. The van der Waals surface area contributed by atoms with E-state index in [1.807, 2.05) is 0 Å². The number of hydrogen-bond acceptors (Lipinski definition) is 6. The first kappa shape index (κ1) is 18.2. The van der Waals surface area contributed by atoms with Gasteiger partial charge in [-0.25, -0.2) is 4.39 Å². The van der Waals surface area contributed by atoms with E-state index in [-0.39, 0.29) is 6.42 Å². The fourth-order valence-electron chi connectivity index (χ4n) is 2.18. The van der Waals surface area contributed by atoms with E-state index in [0.29, 0.717) is 17.9 Å². The van der Waals surface area contributed by atoms with Crippen molar-refractivity contribution in [3.63, 3.8) is 0 Å². The number of benzene rings is 2. The first-order valence-electron chi connectivity index (χ1n) is 7.30. The summed E-state index contributed by atoms with van der Waals surface area (Å²) in [7, 11) is 3.01. The zero-order chi connectivity index (χ0) is 18.4. The Bertz CT molecular complexity index is 793. The molecule has 0 amide bonds. The van der Waals surface area contributed by atoms with Gasteiger partial charge in [0, 0.05) is 18.6 Å². The van der Waals surface area contributed by atoms with Crippen LogP contribution in [0, 0.1) is 15.9 Å². The van der Waals surface area contributed by atoms with Crippen LogP contribution in [0.1, 0.15) is 12.0 Å². The molecule has 0 radical (unpaired) electrons. The third-order valence-electron chi connectivity index (χ3n) is 3.41. The van der Waals surface area contributed by atoms with Crippen molar-refractivity contribution >= 4 is 11.7 Å². The molecule has 0 atom stereocenters. The molecular formula is C17H16FNO6. The molecule has 0 saturated heterocycles. The Morgan fingerprint density at radius 2 is 1.80 bits per heavy atom. The molecule has 0 saturated carbocycles. The van der Waals surface area contributed by atoms with E-state index >= 15 is 0 Å². The van der Waals surface area contributed by atoms with E-state index in [2.05, 4.69) is 0 Å². The van der Waals surface area contributed by atoms with E-state index in [1.165, 1.54) is 14.2 Å². The van der Waals surface area contributed by atoms with Gasteiger partial charge in [0.05, 0.1) is 19.1 Å². The second-order valence-electron chi connectivity index (χ2n) is 5.03. The van der Waals surface area contributed by atoms with Gasteiger partial charge >= 0.3 is 11.7 Å². The first-order chi connectivity index (χ1) is 11.9. The highest BCUT2D eigenvalue weighted by molar-refractivity contribution is 5.74. The second kappa shape index (κ2) is 8.09. The fraction of sp³-hybridized carbons (Fsp3) is 0.235. The van der Waals surface area contributed by atoms with Gasteiger partial charge in [-0.05, 0) is 30.2 Å². The predicted molar refractivity (Wildman–Crippen MR) is 86.6 cm³/mol. The molecule has 0 unspecified atom stereocenters. The largest absolute Gasteiger partial charge is 0.493 e. The Hall–Kier alpha value is -3.16. The standard InChI is InChI=1S/C17H16FNO6/c1-23-14-7-3-11(9-16(14)24-2)4-8-17(20)25-15-10-12(18)5-6-13(15)19(21)22/h3,5-7,9-10H,4,8H2,1-2H3. The molecule has 2 aromatic rings. The lowest BCUT2D eigenvalue weighted by molar-refractivity contribution is -0.385. The summed E-state index contributed by atoms with van der Waals surface area (Å²) < 4.78 is 28.5. The molecule has 0 aliphatic heterocycles. The minimum absolute atomic E-state index is 0.0385. The predicted octanol–water partition coefficient (Wildman–Crippen LogP) is 3.29. The molecule has 0 spiro atoms.